The largest absolute Gasteiger partial charge is 0.379 e. The number of carbonyl (C=O) groups is 1. The van der Waals surface area contributed by atoms with Crippen molar-refractivity contribution < 1.29 is 17.9 Å². The van der Waals surface area contributed by atoms with E-state index in [0.29, 0.717) is 37.7 Å². The normalized spacial score (nSPS) is 22.5. The average Bonchev–Trinajstić information content (AvgIpc) is 2.69. The van der Waals surface area contributed by atoms with E-state index in [1.165, 1.54) is 16.4 Å². The SMILES string of the molecule is O=C(NCCN1CCOCC1)[C@H]1CCCCN1S(=O)(=O)c1ccc(Cl)cc1. The number of piperidine rings is 1. The van der Waals surface area contributed by atoms with E-state index >= 15 is 0 Å². The molecule has 9 heteroatoms. The molecule has 2 fully saturated rings. The van der Waals surface area contributed by atoms with Crippen LogP contribution in [0.5, 0.6) is 0 Å². The number of hydrogen-bond donors (Lipinski definition) is 1. The van der Waals surface area contributed by atoms with Gasteiger partial charge in [0.15, 0.2) is 0 Å². The van der Waals surface area contributed by atoms with E-state index in [9.17, 15) is 13.2 Å². The Morgan fingerprint density at radius 1 is 1.15 bits per heavy atom. The Balaban J connectivity index is 1.63. The molecule has 0 unspecified atom stereocenters. The van der Waals surface area contributed by atoms with Gasteiger partial charge in [0.2, 0.25) is 15.9 Å². The number of carbonyl (C=O) groups excluding carboxylic acids is 1. The van der Waals surface area contributed by atoms with Gasteiger partial charge < -0.3 is 10.1 Å². The molecule has 0 bridgehead atoms. The lowest BCUT2D eigenvalue weighted by molar-refractivity contribution is -0.125. The first-order valence-electron chi connectivity index (χ1n) is 9.34. The molecule has 1 aromatic carbocycles. The second-order valence-corrected chi connectivity index (χ2v) is 9.15. The first-order chi connectivity index (χ1) is 13.0. The third-order valence-electron chi connectivity index (χ3n) is 5.01. The number of ether oxygens (including phenoxy) is 1. The van der Waals surface area contributed by atoms with Crippen LogP contribution in [0.25, 0.3) is 0 Å². The minimum Gasteiger partial charge on any atom is -0.379 e. The van der Waals surface area contributed by atoms with Gasteiger partial charge in [-0.1, -0.05) is 18.0 Å². The maximum absolute atomic E-state index is 13.0. The fourth-order valence-corrected chi connectivity index (χ4v) is 5.26. The monoisotopic (exact) mass is 415 g/mol. The van der Waals surface area contributed by atoms with Crippen molar-refractivity contribution in [2.75, 3.05) is 45.9 Å². The smallest absolute Gasteiger partial charge is 0.243 e. The molecule has 7 nitrogen and oxygen atoms in total. The number of hydrogen-bond acceptors (Lipinski definition) is 5. The quantitative estimate of drug-likeness (QED) is 0.758. The number of sulfonamides is 1. The molecule has 27 heavy (non-hydrogen) atoms. The van der Waals surface area contributed by atoms with Crippen LogP contribution in [0.4, 0.5) is 0 Å². The van der Waals surface area contributed by atoms with Crippen molar-refractivity contribution in [1.29, 1.82) is 0 Å². The maximum Gasteiger partial charge on any atom is 0.243 e. The Morgan fingerprint density at radius 2 is 1.85 bits per heavy atom. The fraction of sp³-hybridized carbons (Fsp3) is 0.611. The van der Waals surface area contributed by atoms with Gasteiger partial charge in [-0.05, 0) is 37.1 Å². The molecular weight excluding hydrogens is 390 g/mol. The Labute approximate surface area is 165 Å². The van der Waals surface area contributed by atoms with Crippen LogP contribution in [0.3, 0.4) is 0 Å². The second-order valence-electron chi connectivity index (χ2n) is 6.83. The zero-order valence-corrected chi connectivity index (χ0v) is 16.8. The summed E-state index contributed by atoms with van der Waals surface area (Å²) in [5.41, 5.74) is 0. The van der Waals surface area contributed by atoms with E-state index in [4.69, 9.17) is 16.3 Å². The Morgan fingerprint density at radius 3 is 2.56 bits per heavy atom. The van der Waals surface area contributed by atoms with Gasteiger partial charge in [0.05, 0.1) is 18.1 Å². The predicted molar refractivity (Wildman–Crippen MR) is 103 cm³/mol. The summed E-state index contributed by atoms with van der Waals surface area (Å²) in [4.78, 5) is 15.1. The molecule has 0 spiro atoms. The van der Waals surface area contributed by atoms with Crippen LogP contribution in [0.2, 0.25) is 5.02 Å². The van der Waals surface area contributed by atoms with Crippen molar-refractivity contribution in [1.82, 2.24) is 14.5 Å². The Hall–Kier alpha value is -1.19. The summed E-state index contributed by atoms with van der Waals surface area (Å²) in [6, 6.07) is 5.41. The average molecular weight is 416 g/mol. The molecule has 1 atom stereocenters. The number of nitrogens with one attached hydrogen (secondary N) is 1. The van der Waals surface area contributed by atoms with Crippen LogP contribution >= 0.6 is 11.6 Å². The molecule has 1 aromatic rings. The summed E-state index contributed by atoms with van der Waals surface area (Å²) in [5.74, 6) is -0.222. The highest BCUT2D eigenvalue weighted by Crippen LogP contribution is 2.26. The maximum atomic E-state index is 13.0. The third-order valence-corrected chi connectivity index (χ3v) is 7.18. The summed E-state index contributed by atoms with van der Waals surface area (Å²) in [5, 5.41) is 3.39. The first-order valence-corrected chi connectivity index (χ1v) is 11.2. The number of rotatable bonds is 6. The lowest BCUT2D eigenvalue weighted by Crippen LogP contribution is -2.52. The molecule has 2 heterocycles. The van der Waals surface area contributed by atoms with Crippen LogP contribution in [0, 0.1) is 0 Å². The van der Waals surface area contributed by atoms with E-state index in [1.54, 1.807) is 12.1 Å². The minimum absolute atomic E-state index is 0.167. The van der Waals surface area contributed by atoms with Gasteiger partial charge in [0.25, 0.3) is 0 Å². The number of morpholine rings is 1. The van der Waals surface area contributed by atoms with Gasteiger partial charge in [-0.3, -0.25) is 9.69 Å². The van der Waals surface area contributed by atoms with Crippen LogP contribution in [0.1, 0.15) is 19.3 Å². The van der Waals surface area contributed by atoms with Crippen molar-refractivity contribution >= 4 is 27.5 Å². The van der Waals surface area contributed by atoms with Crippen molar-refractivity contribution in [3.05, 3.63) is 29.3 Å². The molecule has 2 aliphatic rings. The van der Waals surface area contributed by atoms with Crippen LogP contribution in [-0.4, -0.2) is 75.5 Å². The second kappa shape index (κ2) is 9.34. The Bertz CT molecular complexity index is 735. The van der Waals surface area contributed by atoms with Gasteiger partial charge in [0.1, 0.15) is 6.04 Å². The van der Waals surface area contributed by atoms with Crippen LogP contribution in [-0.2, 0) is 19.6 Å². The molecule has 2 aliphatic heterocycles. The van der Waals surface area contributed by atoms with Crippen molar-refractivity contribution in [3.63, 3.8) is 0 Å². The predicted octanol–water partition coefficient (Wildman–Crippen LogP) is 1.33. The number of nitrogens with zero attached hydrogens (tertiary/aromatic N) is 2. The lowest BCUT2D eigenvalue weighted by Gasteiger charge is -2.34. The van der Waals surface area contributed by atoms with Gasteiger partial charge in [-0.2, -0.15) is 4.31 Å². The highest BCUT2D eigenvalue weighted by atomic mass is 35.5. The molecule has 1 N–H and O–H groups in total. The number of benzene rings is 1. The summed E-state index contributed by atoms with van der Waals surface area (Å²) < 4.78 is 32.7. The topological polar surface area (TPSA) is 79.0 Å². The van der Waals surface area contributed by atoms with E-state index in [1.807, 2.05) is 0 Å². The number of halogens is 1. The van der Waals surface area contributed by atoms with Gasteiger partial charge in [0, 0.05) is 37.7 Å². The molecule has 0 saturated carbocycles. The molecule has 0 radical (unpaired) electrons. The summed E-state index contributed by atoms with van der Waals surface area (Å²) in [6.45, 7) is 4.74. The van der Waals surface area contributed by atoms with E-state index in [0.717, 1.165) is 32.5 Å². The molecular formula is C18H26ClN3O4S. The molecule has 3 rings (SSSR count). The minimum atomic E-state index is -3.73. The van der Waals surface area contributed by atoms with E-state index < -0.39 is 16.1 Å². The molecule has 0 aromatic heterocycles. The molecule has 1 amide bonds. The highest BCUT2D eigenvalue weighted by molar-refractivity contribution is 7.89. The standard InChI is InChI=1S/C18H26ClN3O4S/c19-15-4-6-16(7-5-15)27(24,25)22-9-2-1-3-17(22)18(23)20-8-10-21-11-13-26-14-12-21/h4-7,17H,1-3,8-14H2,(H,20,23)/t17-/m1/s1. The van der Waals surface area contributed by atoms with Gasteiger partial charge in [-0.15, -0.1) is 0 Å². The summed E-state index contributed by atoms with van der Waals surface area (Å²) in [6.07, 6.45) is 2.13. The number of amides is 1. The van der Waals surface area contributed by atoms with Crippen molar-refractivity contribution in [2.24, 2.45) is 0 Å². The molecule has 150 valence electrons. The zero-order chi connectivity index (χ0) is 19.3. The lowest BCUT2D eigenvalue weighted by atomic mass is 10.0. The summed E-state index contributed by atoms with van der Waals surface area (Å²) >= 11 is 5.86. The highest BCUT2D eigenvalue weighted by Gasteiger charge is 2.37. The van der Waals surface area contributed by atoms with Crippen LogP contribution in [0.15, 0.2) is 29.2 Å². The van der Waals surface area contributed by atoms with Crippen LogP contribution < -0.4 is 5.32 Å². The fourth-order valence-electron chi connectivity index (χ4n) is 3.48. The van der Waals surface area contributed by atoms with E-state index in [2.05, 4.69) is 10.2 Å². The van der Waals surface area contributed by atoms with E-state index in [-0.39, 0.29) is 10.8 Å². The van der Waals surface area contributed by atoms with Gasteiger partial charge in [-0.25, -0.2) is 8.42 Å². The van der Waals surface area contributed by atoms with Crippen molar-refractivity contribution in [2.45, 2.75) is 30.2 Å². The molecule has 0 aliphatic carbocycles. The van der Waals surface area contributed by atoms with Crippen molar-refractivity contribution in [3.8, 4) is 0 Å². The molecule has 2 saturated heterocycles. The summed E-state index contributed by atoms with van der Waals surface area (Å²) in [7, 11) is -3.73. The first kappa shape index (κ1) is 20.5. The zero-order valence-electron chi connectivity index (χ0n) is 15.3. The third kappa shape index (κ3) is 5.20. The van der Waals surface area contributed by atoms with Gasteiger partial charge >= 0.3 is 0 Å². The Kier molecular flexibility index (Phi) is 7.10.